The minimum absolute atomic E-state index is 0.00385. The summed E-state index contributed by atoms with van der Waals surface area (Å²) in [6, 6.07) is 22.9. The molecule has 4 heterocycles. The van der Waals surface area contributed by atoms with Crippen molar-refractivity contribution in [1.82, 2.24) is 19.0 Å². The Morgan fingerprint density at radius 2 is 1.68 bits per heavy atom. The van der Waals surface area contributed by atoms with Crippen molar-refractivity contribution in [3.8, 4) is 22.5 Å². The molecule has 0 radical (unpaired) electrons. The van der Waals surface area contributed by atoms with Gasteiger partial charge in [0.05, 0.1) is 36.9 Å². The van der Waals surface area contributed by atoms with Crippen molar-refractivity contribution in [2.75, 3.05) is 36.9 Å². The van der Waals surface area contributed by atoms with Gasteiger partial charge < -0.3 is 25.4 Å². The SMILES string of the molecule is Cc1ccc(-n2ccn(-c3cccc(-c4ccnc5c4NC(c4ccc(C(=O)N6CCOCC6)cc4)N5)c3CO)c2=O)cc1. The number of imidazole rings is 1. The second-order valence-corrected chi connectivity index (χ2v) is 10.9. The van der Waals surface area contributed by atoms with E-state index in [4.69, 9.17) is 4.74 Å². The maximum Gasteiger partial charge on any atom is 0.337 e. The maximum atomic E-state index is 13.5. The molecule has 5 aromatic rings. The number of ether oxygens (including phenoxy) is 1. The molecule has 3 N–H and O–H groups in total. The molecular formula is C34H32N6O4. The Hall–Kier alpha value is -5.19. The van der Waals surface area contributed by atoms with Crippen LogP contribution in [-0.2, 0) is 11.3 Å². The van der Waals surface area contributed by atoms with E-state index >= 15 is 0 Å². The van der Waals surface area contributed by atoms with Gasteiger partial charge in [-0.15, -0.1) is 0 Å². The topological polar surface area (TPSA) is 114 Å². The monoisotopic (exact) mass is 588 g/mol. The molecular weight excluding hydrogens is 556 g/mol. The first-order valence-corrected chi connectivity index (χ1v) is 14.6. The Morgan fingerprint density at radius 1 is 0.932 bits per heavy atom. The van der Waals surface area contributed by atoms with Crippen molar-refractivity contribution in [2.45, 2.75) is 19.7 Å². The average Bonchev–Trinajstić information content (AvgIpc) is 3.68. The minimum Gasteiger partial charge on any atom is -0.392 e. The van der Waals surface area contributed by atoms with Gasteiger partial charge >= 0.3 is 5.69 Å². The second kappa shape index (κ2) is 11.5. The number of aliphatic hydroxyl groups is 1. The van der Waals surface area contributed by atoms with Crippen LogP contribution in [0.4, 0.5) is 11.5 Å². The number of anilines is 2. The van der Waals surface area contributed by atoms with E-state index < -0.39 is 0 Å². The van der Waals surface area contributed by atoms with Crippen molar-refractivity contribution in [2.24, 2.45) is 0 Å². The third-order valence-corrected chi connectivity index (χ3v) is 8.26. The highest BCUT2D eigenvalue weighted by atomic mass is 16.5. The number of pyridine rings is 1. The standard InChI is InChI=1S/C34H32N6O4/c1-22-5-11-25(12-6-22)39-15-16-40(34(39)43)29-4-2-3-26(28(29)21-41)27-13-14-35-32-30(27)36-31(37-32)23-7-9-24(10-8-23)33(42)38-17-19-44-20-18-38/h2-16,31,36,41H,17-21H2,1H3,(H,35,37). The van der Waals surface area contributed by atoms with Gasteiger partial charge in [-0.3, -0.25) is 13.9 Å². The van der Waals surface area contributed by atoms with E-state index in [1.807, 2.05) is 84.6 Å². The lowest BCUT2D eigenvalue weighted by atomic mass is 9.97. The minimum atomic E-state index is -0.266. The van der Waals surface area contributed by atoms with Crippen molar-refractivity contribution in [3.05, 3.63) is 124 Å². The maximum absolute atomic E-state index is 13.5. The van der Waals surface area contributed by atoms with E-state index in [1.54, 1.807) is 27.7 Å². The molecule has 1 unspecified atom stereocenters. The Morgan fingerprint density at radius 3 is 2.43 bits per heavy atom. The highest BCUT2D eigenvalue weighted by Gasteiger charge is 2.27. The Kier molecular flexibility index (Phi) is 7.21. The van der Waals surface area contributed by atoms with Gasteiger partial charge in [0.2, 0.25) is 0 Å². The van der Waals surface area contributed by atoms with Gasteiger partial charge in [-0.05, 0) is 54.4 Å². The summed E-state index contributed by atoms with van der Waals surface area (Å²) >= 11 is 0. The summed E-state index contributed by atoms with van der Waals surface area (Å²) in [4.78, 5) is 32.8. The quantitative estimate of drug-likeness (QED) is 0.268. The Balaban J connectivity index is 1.18. The van der Waals surface area contributed by atoms with Gasteiger partial charge in [-0.1, -0.05) is 42.0 Å². The molecule has 1 fully saturated rings. The predicted molar refractivity (Wildman–Crippen MR) is 168 cm³/mol. The predicted octanol–water partition coefficient (Wildman–Crippen LogP) is 4.50. The number of nitrogens with one attached hydrogen (secondary N) is 2. The van der Waals surface area contributed by atoms with Crippen LogP contribution in [0.25, 0.3) is 22.5 Å². The summed E-state index contributed by atoms with van der Waals surface area (Å²) in [5.41, 5.74) is 6.92. The fourth-order valence-corrected chi connectivity index (χ4v) is 5.87. The number of fused-ring (bicyclic) bond motifs is 1. The number of benzene rings is 3. The molecule has 2 aliphatic rings. The summed E-state index contributed by atoms with van der Waals surface area (Å²) in [6.07, 6.45) is 4.92. The molecule has 0 spiro atoms. The number of morpholine rings is 1. The molecule has 3 aromatic carbocycles. The van der Waals surface area contributed by atoms with Gasteiger partial charge in [-0.2, -0.15) is 0 Å². The first-order chi connectivity index (χ1) is 21.5. The van der Waals surface area contributed by atoms with E-state index in [-0.39, 0.29) is 24.4 Å². The molecule has 7 rings (SSSR count). The van der Waals surface area contributed by atoms with Crippen molar-refractivity contribution in [3.63, 3.8) is 0 Å². The number of aliphatic hydroxyl groups excluding tert-OH is 1. The number of aryl methyl sites for hydroxylation is 1. The van der Waals surface area contributed by atoms with Gasteiger partial charge in [-0.25, -0.2) is 9.78 Å². The molecule has 0 saturated carbocycles. The van der Waals surface area contributed by atoms with Crippen LogP contribution in [-0.4, -0.2) is 56.3 Å². The fraction of sp³-hybridized carbons (Fsp3) is 0.206. The summed E-state index contributed by atoms with van der Waals surface area (Å²) in [5.74, 6) is 0.683. The summed E-state index contributed by atoms with van der Waals surface area (Å²) in [5, 5.41) is 17.6. The molecule has 10 heteroatoms. The highest BCUT2D eigenvalue weighted by Crippen LogP contribution is 2.42. The Labute approximate surface area is 254 Å². The molecule has 1 saturated heterocycles. The van der Waals surface area contributed by atoms with Crippen molar-refractivity contribution >= 4 is 17.4 Å². The Bertz CT molecular complexity index is 1890. The number of amides is 1. The molecule has 222 valence electrons. The molecule has 2 aromatic heterocycles. The largest absolute Gasteiger partial charge is 0.392 e. The van der Waals surface area contributed by atoms with Gasteiger partial charge in [0.1, 0.15) is 6.17 Å². The number of rotatable bonds is 6. The van der Waals surface area contributed by atoms with E-state index in [1.165, 1.54) is 0 Å². The number of hydrogen-bond donors (Lipinski definition) is 3. The zero-order valence-electron chi connectivity index (χ0n) is 24.2. The van der Waals surface area contributed by atoms with E-state index in [9.17, 15) is 14.7 Å². The van der Waals surface area contributed by atoms with Crippen LogP contribution in [0.2, 0.25) is 0 Å². The first kappa shape index (κ1) is 27.6. The summed E-state index contributed by atoms with van der Waals surface area (Å²) in [7, 11) is 0. The lowest BCUT2D eigenvalue weighted by Gasteiger charge is -2.27. The van der Waals surface area contributed by atoms with Crippen LogP contribution in [0, 0.1) is 6.92 Å². The second-order valence-electron chi connectivity index (χ2n) is 10.9. The smallest absolute Gasteiger partial charge is 0.337 e. The third kappa shape index (κ3) is 4.93. The van der Waals surface area contributed by atoms with Crippen LogP contribution < -0.4 is 16.3 Å². The number of carbonyl (C=O) groups is 1. The third-order valence-electron chi connectivity index (χ3n) is 8.26. The lowest BCUT2D eigenvalue weighted by molar-refractivity contribution is 0.0303. The molecule has 0 bridgehead atoms. The van der Waals surface area contributed by atoms with Crippen LogP contribution in [0.1, 0.15) is 33.2 Å². The number of aromatic nitrogens is 3. The fourth-order valence-electron chi connectivity index (χ4n) is 5.87. The molecule has 2 aliphatic heterocycles. The van der Waals surface area contributed by atoms with Crippen molar-refractivity contribution in [1.29, 1.82) is 0 Å². The summed E-state index contributed by atoms with van der Waals surface area (Å²) < 4.78 is 8.52. The van der Waals surface area contributed by atoms with Gasteiger partial charge in [0, 0.05) is 48.4 Å². The molecule has 10 nitrogen and oxygen atoms in total. The van der Waals surface area contributed by atoms with Crippen molar-refractivity contribution < 1.29 is 14.6 Å². The molecule has 1 amide bonds. The van der Waals surface area contributed by atoms with Gasteiger partial charge in [0.15, 0.2) is 5.82 Å². The van der Waals surface area contributed by atoms with E-state index in [2.05, 4.69) is 15.6 Å². The number of nitrogens with zero attached hydrogens (tertiary/aromatic N) is 4. The van der Waals surface area contributed by atoms with Gasteiger partial charge in [0.25, 0.3) is 5.91 Å². The first-order valence-electron chi connectivity index (χ1n) is 14.6. The normalized spacial score (nSPS) is 15.9. The average molecular weight is 589 g/mol. The van der Waals surface area contributed by atoms with Crippen LogP contribution in [0.5, 0.6) is 0 Å². The highest BCUT2D eigenvalue weighted by molar-refractivity contribution is 5.94. The van der Waals surface area contributed by atoms with Crippen LogP contribution >= 0.6 is 0 Å². The number of carbonyl (C=O) groups excluding carboxylic acids is 1. The van der Waals surface area contributed by atoms with Crippen LogP contribution in [0.15, 0.2) is 96.2 Å². The molecule has 1 atom stereocenters. The zero-order valence-corrected chi connectivity index (χ0v) is 24.2. The number of hydrogen-bond acceptors (Lipinski definition) is 7. The lowest BCUT2D eigenvalue weighted by Crippen LogP contribution is -2.40. The molecule has 0 aliphatic carbocycles. The van der Waals surface area contributed by atoms with Crippen LogP contribution in [0.3, 0.4) is 0 Å². The zero-order chi connectivity index (χ0) is 30.2. The van der Waals surface area contributed by atoms with E-state index in [0.29, 0.717) is 48.9 Å². The molecule has 44 heavy (non-hydrogen) atoms. The van der Waals surface area contributed by atoms with E-state index in [0.717, 1.165) is 33.6 Å². The summed E-state index contributed by atoms with van der Waals surface area (Å²) in [6.45, 7) is 4.06.